The fraction of sp³-hybridized carbons (Fsp3) is 0.188. The molecule has 0 fully saturated rings. The highest BCUT2D eigenvalue weighted by Crippen LogP contribution is 2.22. The van der Waals surface area contributed by atoms with E-state index in [9.17, 15) is 4.79 Å². The van der Waals surface area contributed by atoms with Crippen LogP contribution in [0.25, 0.3) is 10.8 Å². The van der Waals surface area contributed by atoms with Gasteiger partial charge in [0.1, 0.15) is 6.42 Å². The Labute approximate surface area is 132 Å². The zero-order valence-electron chi connectivity index (χ0n) is 11.9. The molecule has 112 valence electrons. The largest absolute Gasteiger partial charge is 0.419 e. The van der Waals surface area contributed by atoms with E-state index in [1.165, 1.54) is 16.9 Å². The van der Waals surface area contributed by atoms with E-state index < -0.39 is 0 Å². The third kappa shape index (κ3) is 3.79. The van der Waals surface area contributed by atoms with Crippen molar-refractivity contribution < 1.29 is 9.21 Å². The molecule has 3 aromatic rings. The Kier molecular flexibility index (Phi) is 4.60. The first kappa shape index (κ1) is 14.5. The lowest BCUT2D eigenvalue weighted by Crippen LogP contribution is -2.27. The molecule has 2 heterocycles. The first-order valence-corrected chi connectivity index (χ1v) is 7.86. The fourth-order valence-electron chi connectivity index (χ4n) is 2.02. The van der Waals surface area contributed by atoms with Gasteiger partial charge in [-0.25, -0.2) is 0 Å². The van der Waals surface area contributed by atoms with E-state index in [2.05, 4.69) is 15.5 Å². The smallest absolute Gasteiger partial charge is 0.257 e. The van der Waals surface area contributed by atoms with Gasteiger partial charge in [-0.15, -0.1) is 21.5 Å². The highest BCUT2D eigenvalue weighted by Gasteiger charge is 2.12. The molecule has 0 radical (unpaired) electrons. The maximum atomic E-state index is 11.9. The molecule has 1 amide bonds. The van der Waals surface area contributed by atoms with Gasteiger partial charge in [-0.3, -0.25) is 4.79 Å². The zero-order valence-corrected chi connectivity index (χ0v) is 12.7. The van der Waals surface area contributed by atoms with Crippen molar-refractivity contribution in [1.82, 2.24) is 15.5 Å². The molecule has 5 nitrogen and oxygen atoms in total. The molecule has 6 heteroatoms. The lowest BCUT2D eigenvalue weighted by molar-refractivity contribution is -0.120. The quantitative estimate of drug-likeness (QED) is 0.760. The van der Waals surface area contributed by atoms with Gasteiger partial charge in [0.2, 0.25) is 11.8 Å². The molecule has 1 aromatic carbocycles. The Hall–Kier alpha value is -2.47. The van der Waals surface area contributed by atoms with Gasteiger partial charge >= 0.3 is 0 Å². The van der Waals surface area contributed by atoms with Gasteiger partial charge in [-0.2, -0.15) is 0 Å². The predicted octanol–water partition coefficient (Wildman–Crippen LogP) is 2.70. The standard InChI is InChI=1S/C16H15N3O2S/c20-14(17-9-8-12-5-2-1-3-6-12)11-15-18-19-16(21-15)13-7-4-10-22-13/h1-7,10H,8-9,11H2,(H,17,20). The summed E-state index contributed by atoms with van der Waals surface area (Å²) in [5.41, 5.74) is 1.19. The molecule has 0 atom stereocenters. The molecular formula is C16H15N3O2S. The minimum atomic E-state index is -0.114. The summed E-state index contributed by atoms with van der Waals surface area (Å²) in [6, 6.07) is 13.9. The molecular weight excluding hydrogens is 298 g/mol. The van der Waals surface area contributed by atoms with Gasteiger partial charge in [0, 0.05) is 6.54 Å². The summed E-state index contributed by atoms with van der Waals surface area (Å²) in [4.78, 5) is 12.8. The normalized spacial score (nSPS) is 10.5. The average Bonchev–Trinajstić information content (AvgIpc) is 3.19. The fourth-order valence-corrected chi connectivity index (χ4v) is 2.66. The lowest BCUT2D eigenvalue weighted by Gasteiger charge is -2.03. The zero-order chi connectivity index (χ0) is 15.2. The van der Waals surface area contributed by atoms with Gasteiger partial charge in [-0.1, -0.05) is 36.4 Å². The minimum Gasteiger partial charge on any atom is -0.419 e. The molecule has 1 N–H and O–H groups in total. The number of aromatic nitrogens is 2. The van der Waals surface area contributed by atoms with Crippen LogP contribution in [0.1, 0.15) is 11.5 Å². The van der Waals surface area contributed by atoms with E-state index in [0.29, 0.717) is 18.3 Å². The van der Waals surface area contributed by atoms with Crippen LogP contribution < -0.4 is 5.32 Å². The van der Waals surface area contributed by atoms with Gasteiger partial charge in [0.05, 0.1) is 4.88 Å². The number of carbonyl (C=O) groups excluding carboxylic acids is 1. The van der Waals surface area contributed by atoms with Crippen LogP contribution in [0.15, 0.2) is 52.3 Å². The number of thiophene rings is 1. The number of hydrogen-bond acceptors (Lipinski definition) is 5. The van der Waals surface area contributed by atoms with Crippen LogP contribution >= 0.6 is 11.3 Å². The second kappa shape index (κ2) is 7.00. The van der Waals surface area contributed by atoms with E-state index in [1.807, 2.05) is 47.8 Å². The van der Waals surface area contributed by atoms with E-state index in [1.54, 1.807) is 0 Å². The number of nitrogens with one attached hydrogen (secondary N) is 1. The van der Waals surface area contributed by atoms with Gasteiger partial charge in [-0.05, 0) is 23.4 Å². The maximum absolute atomic E-state index is 11.9. The summed E-state index contributed by atoms with van der Waals surface area (Å²) in [5.74, 6) is 0.681. The molecule has 0 aliphatic rings. The van der Waals surface area contributed by atoms with Crippen molar-refractivity contribution in [2.24, 2.45) is 0 Å². The highest BCUT2D eigenvalue weighted by molar-refractivity contribution is 7.13. The number of nitrogens with zero attached hydrogens (tertiary/aromatic N) is 2. The Morgan fingerprint density at radius 3 is 2.77 bits per heavy atom. The summed E-state index contributed by atoms with van der Waals surface area (Å²) in [6.45, 7) is 0.592. The van der Waals surface area contributed by atoms with Crippen LogP contribution in [-0.4, -0.2) is 22.6 Å². The van der Waals surface area contributed by atoms with Gasteiger partial charge in [0.15, 0.2) is 0 Å². The maximum Gasteiger partial charge on any atom is 0.257 e. The number of amides is 1. The molecule has 0 aliphatic carbocycles. The summed E-state index contributed by atoms with van der Waals surface area (Å²) >= 11 is 1.52. The third-order valence-electron chi connectivity index (χ3n) is 3.09. The Bertz CT molecular complexity index is 723. The molecule has 0 spiro atoms. The van der Waals surface area contributed by atoms with Gasteiger partial charge in [0.25, 0.3) is 5.89 Å². The molecule has 0 aliphatic heterocycles. The summed E-state index contributed by atoms with van der Waals surface area (Å²) in [6.07, 6.45) is 0.907. The van der Waals surface area contributed by atoms with Crippen molar-refractivity contribution in [3.05, 3.63) is 59.3 Å². The minimum absolute atomic E-state index is 0.104. The van der Waals surface area contributed by atoms with Crippen LogP contribution in [0.3, 0.4) is 0 Å². The monoisotopic (exact) mass is 313 g/mol. The summed E-state index contributed by atoms with van der Waals surface area (Å²) < 4.78 is 5.49. The van der Waals surface area contributed by atoms with Crippen molar-refractivity contribution >= 4 is 17.2 Å². The Balaban J connectivity index is 1.48. The Morgan fingerprint density at radius 2 is 2.00 bits per heavy atom. The second-order valence-electron chi connectivity index (χ2n) is 4.74. The van der Waals surface area contributed by atoms with Crippen LogP contribution in [-0.2, 0) is 17.6 Å². The molecule has 0 bridgehead atoms. The first-order chi connectivity index (χ1) is 10.8. The van der Waals surface area contributed by atoms with Crippen molar-refractivity contribution in [2.45, 2.75) is 12.8 Å². The second-order valence-corrected chi connectivity index (χ2v) is 5.69. The molecule has 0 saturated carbocycles. The van der Waals surface area contributed by atoms with Crippen molar-refractivity contribution in [3.8, 4) is 10.8 Å². The van der Waals surface area contributed by atoms with Gasteiger partial charge < -0.3 is 9.73 Å². The third-order valence-corrected chi connectivity index (χ3v) is 3.95. The highest BCUT2D eigenvalue weighted by atomic mass is 32.1. The first-order valence-electron chi connectivity index (χ1n) is 6.98. The predicted molar refractivity (Wildman–Crippen MR) is 84.5 cm³/mol. The van der Waals surface area contributed by atoms with Crippen LogP contribution in [0.4, 0.5) is 0 Å². The molecule has 22 heavy (non-hydrogen) atoms. The van der Waals surface area contributed by atoms with Crippen molar-refractivity contribution in [2.75, 3.05) is 6.54 Å². The lowest BCUT2D eigenvalue weighted by atomic mass is 10.1. The topological polar surface area (TPSA) is 68.0 Å². The van der Waals surface area contributed by atoms with Crippen LogP contribution in [0.2, 0.25) is 0 Å². The Morgan fingerprint density at radius 1 is 1.14 bits per heavy atom. The van der Waals surface area contributed by atoms with E-state index in [4.69, 9.17) is 4.42 Å². The van der Waals surface area contributed by atoms with Crippen LogP contribution in [0.5, 0.6) is 0 Å². The van der Waals surface area contributed by atoms with E-state index >= 15 is 0 Å². The molecule has 0 saturated heterocycles. The van der Waals surface area contributed by atoms with Crippen molar-refractivity contribution in [1.29, 1.82) is 0 Å². The summed E-state index contributed by atoms with van der Waals surface area (Å²) in [7, 11) is 0. The van der Waals surface area contributed by atoms with Crippen molar-refractivity contribution in [3.63, 3.8) is 0 Å². The van der Waals surface area contributed by atoms with E-state index in [-0.39, 0.29) is 12.3 Å². The van der Waals surface area contributed by atoms with Crippen LogP contribution in [0, 0.1) is 0 Å². The SMILES string of the molecule is O=C(Cc1nnc(-c2cccs2)o1)NCCc1ccccc1. The average molecular weight is 313 g/mol. The molecule has 3 rings (SSSR count). The van der Waals surface area contributed by atoms with E-state index in [0.717, 1.165) is 11.3 Å². The molecule has 2 aromatic heterocycles. The number of benzene rings is 1. The number of hydrogen-bond donors (Lipinski definition) is 1. The number of carbonyl (C=O) groups is 1. The summed E-state index contributed by atoms with van der Waals surface area (Å²) in [5, 5.41) is 12.7. The molecule has 0 unspecified atom stereocenters. The number of rotatable bonds is 6.